The number of anilines is 2. The van der Waals surface area contributed by atoms with Gasteiger partial charge in [0, 0.05) is 0 Å². The molecule has 186 valence electrons. The van der Waals surface area contributed by atoms with E-state index in [-0.39, 0.29) is 26.5 Å². The quantitative estimate of drug-likeness (QED) is 0.361. The fourth-order valence-corrected chi connectivity index (χ4v) is 11.2. The molecule has 3 atom stereocenters. The zero-order valence-electron chi connectivity index (χ0n) is 19.7. The summed E-state index contributed by atoms with van der Waals surface area (Å²) in [6, 6.07) is 5.86. The number of amides is 1. The van der Waals surface area contributed by atoms with Gasteiger partial charge in [0.15, 0.2) is 0 Å². The number of aryl methyl sites for hydroxylation is 1. The number of aromatic nitrogens is 3. The predicted octanol–water partition coefficient (Wildman–Crippen LogP) is 3.17. The fraction of sp³-hybridized carbons (Fsp3) is 0.440. The Bertz CT molecular complexity index is 1530. The number of nitrogens with zero attached hydrogens (tertiary/aromatic N) is 4. The van der Waals surface area contributed by atoms with Crippen molar-refractivity contribution in [2.75, 3.05) is 31.5 Å². The molecule has 2 N–H and O–H groups in total. The van der Waals surface area contributed by atoms with Crippen molar-refractivity contribution in [2.45, 2.75) is 35.7 Å². The number of rotatable bonds is 3. The number of carbonyl (C=O) groups is 1. The summed E-state index contributed by atoms with van der Waals surface area (Å²) in [6.07, 6.45) is 5.53. The Morgan fingerprint density at radius 3 is 3.08 bits per heavy atom. The molecule has 8 nitrogen and oxygen atoms in total. The number of fused-ring (bicyclic) bond motifs is 5. The van der Waals surface area contributed by atoms with Gasteiger partial charge in [-0.05, 0) is 18.2 Å². The van der Waals surface area contributed by atoms with Crippen LogP contribution in [0.4, 0.5) is 11.5 Å². The zero-order valence-corrected chi connectivity index (χ0v) is 23.5. The molecule has 11 heteroatoms. The van der Waals surface area contributed by atoms with E-state index in [2.05, 4.69) is 30.1 Å². The average Bonchev–Trinajstić information content (AvgIpc) is 3.47. The Labute approximate surface area is 222 Å². The van der Waals surface area contributed by atoms with Crippen LogP contribution in [0.1, 0.15) is 23.3 Å². The molecule has 5 heterocycles. The molecule has 36 heavy (non-hydrogen) atoms. The predicted molar refractivity (Wildman–Crippen MR) is 147 cm³/mol. The number of piperazine rings is 1. The van der Waals surface area contributed by atoms with Gasteiger partial charge in [-0.1, -0.05) is 11.3 Å². The van der Waals surface area contributed by atoms with Crippen molar-refractivity contribution in [2.24, 2.45) is 5.92 Å². The standard InChI is InChI=1S/C25H27AsN6O2S2/c33-24(32-9-8-31-7-1-6-26-20(31)12-32)14-2-4-16-18(10-14)35-23-21(16)22(27-13-28-23)29-15-3-5-17-19(11-15)36-25(34)30-17/h3,5,11,13-14,20,26H,1-2,4,6-10,12H2,(H,30,34)(H,27,28,29). The maximum atomic E-state index is 13.5. The molecule has 3 aromatic heterocycles. The van der Waals surface area contributed by atoms with Crippen LogP contribution in [0.2, 0.25) is 5.21 Å². The normalized spacial score (nSPS) is 23.2. The first-order valence-corrected chi connectivity index (χ1v) is 16.9. The second-order valence-corrected chi connectivity index (χ2v) is 15.2. The van der Waals surface area contributed by atoms with Crippen LogP contribution in [-0.2, 0) is 17.6 Å². The number of hydrogen-bond acceptors (Lipinski definition) is 8. The van der Waals surface area contributed by atoms with E-state index in [0.717, 1.165) is 70.8 Å². The third-order valence-electron chi connectivity index (χ3n) is 7.68. The maximum absolute atomic E-state index is 13.5. The summed E-state index contributed by atoms with van der Waals surface area (Å²) in [7, 11) is 0. The number of nitrogens with one attached hydrogen (secondary N) is 2. The molecule has 2 aliphatic heterocycles. The minimum absolute atomic E-state index is 0.0446. The van der Waals surface area contributed by atoms with Crippen molar-refractivity contribution in [1.29, 1.82) is 0 Å². The number of H-pyrrole nitrogens is 1. The van der Waals surface area contributed by atoms with E-state index in [4.69, 9.17) is 0 Å². The number of aromatic amines is 1. The summed E-state index contributed by atoms with van der Waals surface area (Å²) in [6.45, 7) is 4.11. The van der Waals surface area contributed by atoms with Crippen molar-refractivity contribution in [3.63, 3.8) is 0 Å². The Morgan fingerprint density at radius 1 is 1.19 bits per heavy atom. The van der Waals surface area contributed by atoms with E-state index in [1.54, 1.807) is 17.7 Å². The molecule has 2 fully saturated rings. The summed E-state index contributed by atoms with van der Waals surface area (Å²) < 4.78 is 0.917. The van der Waals surface area contributed by atoms with Gasteiger partial charge in [0.2, 0.25) is 0 Å². The van der Waals surface area contributed by atoms with Gasteiger partial charge in [-0.2, -0.15) is 0 Å². The second-order valence-electron chi connectivity index (χ2n) is 9.84. The Kier molecular flexibility index (Phi) is 5.88. The van der Waals surface area contributed by atoms with Crippen molar-refractivity contribution in [3.05, 3.63) is 44.6 Å². The van der Waals surface area contributed by atoms with Crippen LogP contribution in [0.5, 0.6) is 0 Å². The molecule has 1 aliphatic carbocycles. The molecular formula is C25H27AsN6O2S2. The van der Waals surface area contributed by atoms with Crippen LogP contribution in [0.3, 0.4) is 0 Å². The topological polar surface area (TPSA) is 94.2 Å². The molecule has 1 aromatic carbocycles. The molecule has 0 spiro atoms. The third-order valence-corrected chi connectivity index (χ3v) is 13.2. The van der Waals surface area contributed by atoms with Gasteiger partial charge in [-0.3, -0.25) is 4.79 Å². The van der Waals surface area contributed by atoms with Crippen molar-refractivity contribution < 1.29 is 4.79 Å². The molecule has 0 bridgehead atoms. The van der Waals surface area contributed by atoms with E-state index in [1.807, 2.05) is 18.2 Å². The fourth-order valence-electron chi connectivity index (χ4n) is 5.87. The summed E-state index contributed by atoms with van der Waals surface area (Å²) in [5.41, 5.74) is 3.03. The van der Waals surface area contributed by atoms with Crippen LogP contribution < -0.4 is 10.2 Å². The van der Waals surface area contributed by atoms with Gasteiger partial charge in [0.05, 0.1) is 10.2 Å². The summed E-state index contributed by atoms with van der Waals surface area (Å²) in [5, 5.41) is 5.95. The number of thiazole rings is 1. The van der Waals surface area contributed by atoms with Gasteiger partial charge >= 0.3 is 174 Å². The molecule has 2 saturated heterocycles. The zero-order chi connectivity index (χ0) is 24.2. The molecule has 3 unspecified atom stereocenters. The molecule has 0 saturated carbocycles. The molecule has 4 aromatic rings. The monoisotopic (exact) mass is 582 g/mol. The minimum atomic E-state index is -0.0509. The Hall–Kier alpha value is -2.26. The van der Waals surface area contributed by atoms with E-state index in [9.17, 15) is 9.59 Å². The van der Waals surface area contributed by atoms with Crippen molar-refractivity contribution in [3.8, 4) is 0 Å². The van der Waals surface area contributed by atoms with E-state index >= 15 is 0 Å². The van der Waals surface area contributed by atoms with E-state index in [0.29, 0.717) is 10.7 Å². The molecular weight excluding hydrogens is 555 g/mol. The molecule has 3 aliphatic rings. The van der Waals surface area contributed by atoms with Gasteiger partial charge in [-0.25, -0.2) is 0 Å². The van der Waals surface area contributed by atoms with Crippen LogP contribution in [0.25, 0.3) is 20.4 Å². The number of thiophene rings is 1. The summed E-state index contributed by atoms with van der Waals surface area (Å²) in [5.74, 6) is 1.23. The number of hydrogen-bond donors (Lipinski definition) is 2. The second kappa shape index (κ2) is 9.24. The van der Waals surface area contributed by atoms with Crippen molar-refractivity contribution in [1.82, 2.24) is 24.8 Å². The average molecular weight is 583 g/mol. The van der Waals surface area contributed by atoms with Gasteiger partial charge in [0.25, 0.3) is 0 Å². The SMILES string of the molecule is O=C(C1CCc2c(sc3ncnc(Nc4ccc5[nH]c(=O)sc5c4)c23)C1)N1CCN2CCC[AsH]C2C1. The van der Waals surface area contributed by atoms with Crippen molar-refractivity contribution >= 4 is 76.3 Å². The van der Waals surface area contributed by atoms with E-state index in [1.165, 1.54) is 40.0 Å². The van der Waals surface area contributed by atoms with Gasteiger partial charge in [0.1, 0.15) is 0 Å². The Balaban J connectivity index is 1.13. The Morgan fingerprint density at radius 2 is 2.14 bits per heavy atom. The number of carbonyl (C=O) groups excluding carboxylic acids is 1. The van der Waals surface area contributed by atoms with Crippen LogP contribution in [-0.4, -0.2) is 77.4 Å². The molecule has 7 rings (SSSR count). The van der Waals surface area contributed by atoms with Crippen LogP contribution in [0.15, 0.2) is 29.3 Å². The summed E-state index contributed by atoms with van der Waals surface area (Å²) in [4.78, 5) is 44.9. The first-order valence-electron chi connectivity index (χ1n) is 12.5. The molecule has 1 amide bonds. The number of benzene rings is 1. The third kappa shape index (κ3) is 4.08. The van der Waals surface area contributed by atoms with Gasteiger partial charge in [-0.15, -0.1) is 0 Å². The van der Waals surface area contributed by atoms with Crippen LogP contribution in [0, 0.1) is 5.92 Å². The van der Waals surface area contributed by atoms with E-state index < -0.39 is 0 Å². The van der Waals surface area contributed by atoms with Crippen LogP contribution >= 0.6 is 22.7 Å². The van der Waals surface area contributed by atoms with Gasteiger partial charge < -0.3 is 4.98 Å². The summed E-state index contributed by atoms with van der Waals surface area (Å²) >= 11 is 2.96. The first-order chi connectivity index (χ1) is 17.6. The first kappa shape index (κ1) is 22.9. The molecule has 0 radical (unpaired) electrons.